The van der Waals surface area contributed by atoms with Crippen molar-refractivity contribution in [3.8, 4) is 0 Å². The summed E-state index contributed by atoms with van der Waals surface area (Å²) in [5.41, 5.74) is 1.32. The molecule has 2 heteroatoms. The Kier molecular flexibility index (Phi) is 5.66. The van der Waals surface area contributed by atoms with Gasteiger partial charge in [-0.2, -0.15) is 0 Å². The number of rotatable bonds is 6. The maximum atomic E-state index is 5.37. The highest BCUT2D eigenvalue weighted by Crippen LogP contribution is 2.24. The van der Waals surface area contributed by atoms with Crippen molar-refractivity contribution in [3.05, 3.63) is 35.9 Å². The van der Waals surface area contributed by atoms with Crippen molar-refractivity contribution >= 4 is 0 Å². The molecule has 0 saturated carbocycles. The van der Waals surface area contributed by atoms with Gasteiger partial charge in [0.05, 0.1) is 12.6 Å². The molecule has 0 radical (unpaired) electrons. The molecule has 2 atom stereocenters. The van der Waals surface area contributed by atoms with Crippen LogP contribution in [0, 0.1) is 5.92 Å². The normalized spacial score (nSPS) is 15.2. The maximum absolute atomic E-state index is 5.37. The van der Waals surface area contributed by atoms with E-state index < -0.39 is 0 Å². The van der Waals surface area contributed by atoms with E-state index in [4.69, 9.17) is 4.74 Å². The van der Waals surface area contributed by atoms with Crippen LogP contribution in [0.25, 0.3) is 0 Å². The SMILES string of the molecule is COC[C@@H](c1ccccc1)N(C)[C@H](C)C(C)C. The van der Waals surface area contributed by atoms with Gasteiger partial charge in [0.25, 0.3) is 0 Å². The van der Waals surface area contributed by atoms with E-state index in [1.807, 2.05) is 0 Å². The highest BCUT2D eigenvalue weighted by molar-refractivity contribution is 5.19. The third-order valence-corrected chi connectivity index (χ3v) is 3.61. The monoisotopic (exact) mass is 235 g/mol. The second kappa shape index (κ2) is 6.77. The molecular weight excluding hydrogens is 210 g/mol. The minimum atomic E-state index is 0.332. The Morgan fingerprint density at radius 3 is 2.18 bits per heavy atom. The van der Waals surface area contributed by atoms with Crippen molar-refractivity contribution in [3.63, 3.8) is 0 Å². The van der Waals surface area contributed by atoms with Crippen molar-refractivity contribution in [2.75, 3.05) is 20.8 Å². The number of benzene rings is 1. The number of likely N-dealkylation sites (N-methyl/N-ethyl adjacent to an activating group) is 1. The topological polar surface area (TPSA) is 12.5 Å². The van der Waals surface area contributed by atoms with Crippen LogP contribution in [0.1, 0.15) is 32.4 Å². The van der Waals surface area contributed by atoms with Crippen molar-refractivity contribution < 1.29 is 4.74 Å². The predicted octanol–water partition coefficient (Wildman–Crippen LogP) is 3.35. The van der Waals surface area contributed by atoms with Crippen LogP contribution in [0.4, 0.5) is 0 Å². The van der Waals surface area contributed by atoms with Crippen molar-refractivity contribution in [1.82, 2.24) is 4.90 Å². The van der Waals surface area contributed by atoms with Crippen LogP contribution in [-0.2, 0) is 4.74 Å². The zero-order valence-electron chi connectivity index (χ0n) is 11.7. The first-order valence-corrected chi connectivity index (χ1v) is 6.33. The molecule has 0 aliphatic heterocycles. The zero-order valence-corrected chi connectivity index (χ0v) is 11.7. The molecule has 96 valence electrons. The molecule has 0 N–H and O–H groups in total. The summed E-state index contributed by atoms with van der Waals surface area (Å²) in [6.45, 7) is 7.53. The molecule has 1 aromatic rings. The van der Waals surface area contributed by atoms with Crippen molar-refractivity contribution in [2.45, 2.75) is 32.9 Å². The summed E-state index contributed by atoms with van der Waals surface area (Å²) in [5, 5.41) is 0. The molecule has 0 unspecified atom stereocenters. The molecule has 0 bridgehead atoms. The van der Waals surface area contributed by atoms with Gasteiger partial charge in [-0.05, 0) is 25.5 Å². The van der Waals surface area contributed by atoms with E-state index in [1.165, 1.54) is 5.56 Å². The number of nitrogens with zero attached hydrogens (tertiary/aromatic N) is 1. The van der Waals surface area contributed by atoms with Crippen LogP contribution >= 0.6 is 0 Å². The van der Waals surface area contributed by atoms with E-state index in [9.17, 15) is 0 Å². The first-order valence-electron chi connectivity index (χ1n) is 6.33. The van der Waals surface area contributed by atoms with Crippen molar-refractivity contribution in [2.24, 2.45) is 5.92 Å². The highest BCUT2D eigenvalue weighted by Gasteiger charge is 2.22. The number of hydrogen-bond donors (Lipinski definition) is 0. The quantitative estimate of drug-likeness (QED) is 0.749. The van der Waals surface area contributed by atoms with E-state index in [1.54, 1.807) is 7.11 Å². The van der Waals surface area contributed by atoms with Crippen LogP contribution in [0.2, 0.25) is 0 Å². The highest BCUT2D eigenvalue weighted by atomic mass is 16.5. The van der Waals surface area contributed by atoms with E-state index in [-0.39, 0.29) is 0 Å². The third kappa shape index (κ3) is 3.83. The van der Waals surface area contributed by atoms with Crippen LogP contribution in [0.15, 0.2) is 30.3 Å². The van der Waals surface area contributed by atoms with Gasteiger partial charge in [0.2, 0.25) is 0 Å². The maximum Gasteiger partial charge on any atom is 0.0659 e. The van der Waals surface area contributed by atoms with E-state index in [0.29, 0.717) is 18.0 Å². The molecule has 0 heterocycles. The first-order chi connectivity index (χ1) is 8.07. The summed E-state index contributed by atoms with van der Waals surface area (Å²) in [6, 6.07) is 11.5. The summed E-state index contributed by atoms with van der Waals surface area (Å²) in [6.07, 6.45) is 0. The average molecular weight is 235 g/mol. The fourth-order valence-corrected chi connectivity index (χ4v) is 2.04. The summed E-state index contributed by atoms with van der Waals surface area (Å²) >= 11 is 0. The van der Waals surface area contributed by atoms with Crippen molar-refractivity contribution in [1.29, 1.82) is 0 Å². The molecule has 1 rings (SSSR count). The molecular formula is C15H25NO. The first kappa shape index (κ1) is 14.2. The van der Waals surface area contributed by atoms with Gasteiger partial charge in [-0.25, -0.2) is 0 Å². The lowest BCUT2D eigenvalue weighted by atomic mass is 10.00. The van der Waals surface area contributed by atoms with Crippen LogP contribution in [-0.4, -0.2) is 31.7 Å². The molecule has 0 spiro atoms. The molecule has 0 aromatic heterocycles. The Labute approximate surface area is 106 Å². The molecule has 0 aliphatic rings. The lowest BCUT2D eigenvalue weighted by Crippen LogP contribution is -2.38. The van der Waals surface area contributed by atoms with E-state index in [0.717, 1.165) is 6.61 Å². The number of methoxy groups -OCH3 is 1. The van der Waals surface area contributed by atoms with Gasteiger partial charge in [-0.3, -0.25) is 4.90 Å². The van der Waals surface area contributed by atoms with Crippen LogP contribution in [0.3, 0.4) is 0 Å². The Hall–Kier alpha value is -0.860. The summed E-state index contributed by atoms with van der Waals surface area (Å²) in [5.74, 6) is 0.642. The van der Waals surface area contributed by atoms with Gasteiger partial charge < -0.3 is 4.74 Å². The zero-order chi connectivity index (χ0) is 12.8. The van der Waals surface area contributed by atoms with E-state index >= 15 is 0 Å². The van der Waals surface area contributed by atoms with Crippen LogP contribution < -0.4 is 0 Å². The predicted molar refractivity (Wildman–Crippen MR) is 73.1 cm³/mol. The smallest absolute Gasteiger partial charge is 0.0659 e. The Morgan fingerprint density at radius 2 is 1.71 bits per heavy atom. The lowest BCUT2D eigenvalue weighted by molar-refractivity contribution is 0.0703. The second-order valence-electron chi connectivity index (χ2n) is 5.03. The Balaban J connectivity index is 2.86. The minimum absolute atomic E-state index is 0.332. The molecule has 0 aliphatic carbocycles. The second-order valence-corrected chi connectivity index (χ2v) is 5.03. The van der Waals surface area contributed by atoms with Gasteiger partial charge in [0.15, 0.2) is 0 Å². The fourth-order valence-electron chi connectivity index (χ4n) is 2.04. The van der Waals surface area contributed by atoms with E-state index in [2.05, 4.69) is 63.1 Å². The van der Waals surface area contributed by atoms with Gasteiger partial charge >= 0.3 is 0 Å². The standard InChI is InChI=1S/C15H25NO/c1-12(2)13(3)16(4)15(11-17-5)14-9-7-6-8-10-14/h6-10,12-13,15H,11H2,1-5H3/t13-,15+/m1/s1. The fraction of sp³-hybridized carbons (Fsp3) is 0.600. The van der Waals surface area contributed by atoms with Gasteiger partial charge in [-0.15, -0.1) is 0 Å². The number of ether oxygens (including phenoxy) is 1. The summed E-state index contributed by atoms with van der Waals surface area (Å²) < 4.78 is 5.37. The van der Waals surface area contributed by atoms with Gasteiger partial charge in [-0.1, -0.05) is 44.2 Å². The molecule has 0 fully saturated rings. The summed E-state index contributed by atoms with van der Waals surface area (Å²) in [4.78, 5) is 2.41. The molecule has 1 aromatic carbocycles. The minimum Gasteiger partial charge on any atom is -0.383 e. The molecule has 0 amide bonds. The largest absolute Gasteiger partial charge is 0.383 e. The molecule has 17 heavy (non-hydrogen) atoms. The Morgan fingerprint density at radius 1 is 1.12 bits per heavy atom. The number of hydrogen-bond acceptors (Lipinski definition) is 2. The van der Waals surface area contributed by atoms with Crippen LogP contribution in [0.5, 0.6) is 0 Å². The third-order valence-electron chi connectivity index (χ3n) is 3.61. The average Bonchev–Trinajstić information content (AvgIpc) is 2.35. The summed E-state index contributed by atoms with van der Waals surface area (Å²) in [7, 11) is 3.95. The van der Waals surface area contributed by atoms with Gasteiger partial charge in [0, 0.05) is 13.2 Å². The lowest BCUT2D eigenvalue weighted by Gasteiger charge is -2.35. The Bertz CT molecular complexity index is 310. The van der Waals surface area contributed by atoms with Gasteiger partial charge in [0.1, 0.15) is 0 Å². The molecule has 2 nitrogen and oxygen atoms in total. The molecule has 0 saturated heterocycles.